The van der Waals surface area contributed by atoms with Crippen LogP contribution in [0.1, 0.15) is 85.3 Å². The highest BCUT2D eigenvalue weighted by molar-refractivity contribution is 5.92. The van der Waals surface area contributed by atoms with E-state index in [1.54, 1.807) is 40.3 Å². The second-order valence-electron chi connectivity index (χ2n) is 23.2. The van der Waals surface area contributed by atoms with Crippen LogP contribution in [0.2, 0.25) is 0 Å². The minimum Gasteiger partial charge on any atom is -0.376 e. The van der Waals surface area contributed by atoms with Gasteiger partial charge in [-0.25, -0.2) is 14.8 Å². The van der Waals surface area contributed by atoms with Gasteiger partial charge in [0.1, 0.15) is 47.6 Å². The van der Waals surface area contributed by atoms with E-state index >= 15 is 4.79 Å². The van der Waals surface area contributed by atoms with E-state index in [1.165, 1.54) is 0 Å². The van der Waals surface area contributed by atoms with E-state index in [0.29, 0.717) is 11.4 Å². The molecule has 7 atom stereocenters. The largest absolute Gasteiger partial charge is 0.415 e. The van der Waals surface area contributed by atoms with Crippen molar-refractivity contribution in [2.24, 2.45) is 0 Å². The Labute approximate surface area is 503 Å². The van der Waals surface area contributed by atoms with Crippen LogP contribution in [0.25, 0.3) is 0 Å². The summed E-state index contributed by atoms with van der Waals surface area (Å²) in [4.78, 5) is 82.8. The molecule has 4 saturated heterocycles. The van der Waals surface area contributed by atoms with E-state index < -0.39 is 101 Å². The van der Waals surface area contributed by atoms with Crippen LogP contribution >= 0.6 is 0 Å². The number of nitrogens with zero attached hydrogens (tertiary/aromatic N) is 4. The Morgan fingerprint density at radius 2 is 0.954 bits per heavy atom. The molecule has 4 aliphatic heterocycles. The molecule has 0 saturated carbocycles. The first-order valence-electron chi connectivity index (χ1n) is 29.2. The summed E-state index contributed by atoms with van der Waals surface area (Å²) in [6, 6.07) is 57.2. The number of carbonyl (C=O) groups is 5. The molecule has 8 aromatic rings. The molecule has 6 heterocycles. The molecule has 0 unspecified atom stereocenters. The maximum atomic E-state index is 15.4. The van der Waals surface area contributed by atoms with E-state index in [0.717, 1.165) is 33.4 Å². The average molecular weight is 1170 g/mol. The molecule has 1 spiro atoms. The molecule has 12 rings (SSSR count). The molecule has 19 nitrogen and oxygen atoms in total. The maximum absolute atomic E-state index is 15.4. The smallest absolute Gasteiger partial charge is 0.376 e. The number of benzene rings is 6. The van der Waals surface area contributed by atoms with Crippen molar-refractivity contribution in [3.8, 4) is 0 Å². The van der Waals surface area contributed by atoms with Gasteiger partial charge in [-0.15, -0.1) is 0 Å². The molecular formula is C68H68N8O11. The quantitative estimate of drug-likeness (QED) is 0.0501. The Balaban J connectivity index is 0.892. The predicted octanol–water partition coefficient (Wildman–Crippen LogP) is 7.44. The van der Waals surface area contributed by atoms with Gasteiger partial charge in [-0.1, -0.05) is 182 Å². The highest BCUT2D eigenvalue weighted by Crippen LogP contribution is 2.48. The number of fused-ring (bicyclic) bond motifs is 2. The maximum Gasteiger partial charge on any atom is 0.415 e. The molecule has 19 heteroatoms. The summed E-state index contributed by atoms with van der Waals surface area (Å²) < 4.78 is 41.7. The molecule has 4 fully saturated rings. The van der Waals surface area contributed by atoms with Gasteiger partial charge in [-0.3, -0.25) is 19.2 Å². The van der Waals surface area contributed by atoms with E-state index in [2.05, 4.69) is 57.7 Å². The van der Waals surface area contributed by atoms with Crippen molar-refractivity contribution in [3.63, 3.8) is 0 Å². The number of carbonyl (C=O) groups excluding carboxylic acids is 5. The van der Waals surface area contributed by atoms with Gasteiger partial charge in [0.05, 0.1) is 37.1 Å². The van der Waals surface area contributed by atoms with Crippen molar-refractivity contribution in [2.45, 2.75) is 118 Å². The summed E-state index contributed by atoms with van der Waals surface area (Å²) in [5.41, 5.74) is 2.40. The van der Waals surface area contributed by atoms with Crippen LogP contribution in [-0.2, 0) is 71.5 Å². The average Bonchev–Trinajstić information content (AvgIpc) is 1.89. The van der Waals surface area contributed by atoms with Gasteiger partial charge in [0.15, 0.2) is 17.3 Å². The van der Waals surface area contributed by atoms with Crippen LogP contribution in [0.3, 0.4) is 0 Å². The number of cyclic esters (lactones) is 2. The third-order valence-electron chi connectivity index (χ3n) is 16.5. The van der Waals surface area contributed by atoms with Crippen LogP contribution in [0.15, 0.2) is 207 Å². The van der Waals surface area contributed by atoms with Gasteiger partial charge in [0.2, 0.25) is 17.7 Å². The van der Waals surface area contributed by atoms with Crippen molar-refractivity contribution in [1.82, 2.24) is 40.4 Å². The number of aromatic nitrogens is 4. The van der Waals surface area contributed by atoms with E-state index in [-0.39, 0.29) is 32.4 Å². The molecule has 0 bridgehead atoms. The zero-order valence-corrected chi connectivity index (χ0v) is 48.6. The molecule has 4 N–H and O–H groups in total. The van der Waals surface area contributed by atoms with Crippen molar-refractivity contribution in [1.29, 1.82) is 0 Å². The number of nitrogens with one attached hydrogen (secondary N) is 4. The number of rotatable bonds is 13. The standard InChI is InChI=1S/C68H68N8O11/c1-64(2)82-42-55(84-64)58-59-60(87-65(3,4)85-59)66(86-58)39-57(78)83-63(81)73-53(37-51-40-75(43-70-51)67(45-23-11-5-12-24-45,46-25-13-6-14-26-46)47-27-15-7-16-28-47)61(79)69-36-35-56(77)72-54(62(80)74-66)38-52-41-76(44-71-52)68(48-29-17-8-18-30-48,49-31-19-9-20-32-49)50-33-21-10-22-34-50/h5-34,40-41,43-44,53-55,58-60H,35-39,42H2,1-4H3,(H,69,79)(H,72,77)(H,73,81)(H,74,80)/t53-,54+,55+,58+,59-,60-,66-/m1/s1. The van der Waals surface area contributed by atoms with E-state index in [1.807, 2.05) is 167 Å². The first-order valence-corrected chi connectivity index (χ1v) is 29.2. The topological polar surface area (TPSA) is 224 Å². The Kier molecular flexibility index (Phi) is 16.1. The lowest BCUT2D eigenvalue weighted by Crippen LogP contribution is -2.62. The summed E-state index contributed by atoms with van der Waals surface area (Å²) in [6.45, 7) is 6.72. The Bertz CT molecular complexity index is 3540. The third kappa shape index (κ3) is 11.6. The Morgan fingerprint density at radius 3 is 1.38 bits per heavy atom. The van der Waals surface area contributed by atoms with Crippen LogP contribution in [0.4, 0.5) is 4.79 Å². The predicted molar refractivity (Wildman–Crippen MR) is 318 cm³/mol. The molecular weight excluding hydrogens is 1100 g/mol. The Hall–Kier alpha value is -9.11. The number of imidazole rings is 2. The molecule has 2 aromatic heterocycles. The van der Waals surface area contributed by atoms with Crippen LogP contribution in [0, 0.1) is 0 Å². The van der Waals surface area contributed by atoms with Gasteiger partial charge < -0.3 is 58.8 Å². The number of ether oxygens (including phenoxy) is 6. The lowest BCUT2D eigenvalue weighted by atomic mass is 9.77. The molecule has 0 radical (unpaired) electrons. The number of hydrogen-bond donors (Lipinski definition) is 4. The fraction of sp³-hybridized carbons (Fsp3) is 0.309. The van der Waals surface area contributed by atoms with Crippen LogP contribution < -0.4 is 21.3 Å². The van der Waals surface area contributed by atoms with Gasteiger partial charge in [0, 0.05) is 38.2 Å². The number of alkyl carbamates (subject to hydrolysis) is 1. The lowest BCUT2D eigenvalue weighted by molar-refractivity contribution is -0.235. The van der Waals surface area contributed by atoms with E-state index in [9.17, 15) is 19.2 Å². The van der Waals surface area contributed by atoms with Gasteiger partial charge in [0.25, 0.3) is 0 Å². The summed E-state index contributed by atoms with van der Waals surface area (Å²) in [5.74, 6) is -5.56. The summed E-state index contributed by atoms with van der Waals surface area (Å²) in [5, 5.41) is 11.3. The first kappa shape index (κ1) is 58.3. The van der Waals surface area contributed by atoms with Crippen molar-refractivity contribution >= 4 is 29.8 Å². The highest BCUT2D eigenvalue weighted by atomic mass is 16.8. The lowest BCUT2D eigenvalue weighted by Gasteiger charge is -2.37. The number of esters is 1. The number of hydrogen-bond acceptors (Lipinski definition) is 13. The fourth-order valence-electron chi connectivity index (χ4n) is 12.8. The van der Waals surface area contributed by atoms with Crippen molar-refractivity contribution < 1.29 is 52.4 Å². The number of amides is 4. The monoisotopic (exact) mass is 1170 g/mol. The van der Waals surface area contributed by atoms with Crippen molar-refractivity contribution in [2.75, 3.05) is 13.2 Å². The molecule has 4 aliphatic rings. The van der Waals surface area contributed by atoms with Gasteiger partial charge in [-0.2, -0.15) is 0 Å². The van der Waals surface area contributed by atoms with Crippen molar-refractivity contribution in [3.05, 3.63) is 252 Å². The Morgan fingerprint density at radius 1 is 0.517 bits per heavy atom. The normalized spacial score (nSPS) is 24.3. The molecule has 446 valence electrons. The molecule has 4 amide bonds. The second-order valence-corrected chi connectivity index (χ2v) is 23.2. The van der Waals surface area contributed by atoms with Gasteiger partial charge >= 0.3 is 12.1 Å². The summed E-state index contributed by atoms with van der Waals surface area (Å²) >= 11 is 0. The third-order valence-corrected chi connectivity index (χ3v) is 16.5. The zero-order valence-electron chi connectivity index (χ0n) is 48.6. The van der Waals surface area contributed by atoms with Crippen LogP contribution in [-0.4, -0.2) is 116 Å². The van der Waals surface area contributed by atoms with Gasteiger partial charge in [-0.05, 0) is 61.1 Å². The summed E-state index contributed by atoms with van der Waals surface area (Å²) in [6.07, 6.45) is 0.372. The fourth-order valence-corrected chi connectivity index (χ4v) is 12.8. The minimum atomic E-state index is -2.12. The summed E-state index contributed by atoms with van der Waals surface area (Å²) in [7, 11) is 0. The van der Waals surface area contributed by atoms with Crippen LogP contribution in [0.5, 0.6) is 0 Å². The minimum absolute atomic E-state index is 0.0623. The molecule has 87 heavy (non-hydrogen) atoms. The molecule has 6 aromatic carbocycles. The highest BCUT2D eigenvalue weighted by Gasteiger charge is 2.67. The SMILES string of the molecule is CC1(C)OC[C@@H]([C@@H]2O[C@]3(CC(=O)OC(=O)N[C@H](Cc4cn(C(c5ccccc5)(c5ccccc5)c5ccccc5)cn4)C(=O)NCCC(=O)N[C@@H](Cc4cn(C(c5ccccc5)(c5ccccc5)c5ccccc5)cn4)C(=O)N3)[C@@H]3OC(C)(C)O[C@H]23)O1. The van der Waals surface area contributed by atoms with E-state index in [4.69, 9.17) is 38.4 Å². The second kappa shape index (κ2) is 24.0. The zero-order chi connectivity index (χ0) is 60.4. The first-order chi connectivity index (χ1) is 42.0. The molecule has 0 aliphatic carbocycles.